The van der Waals surface area contributed by atoms with Crippen molar-refractivity contribution in [3.63, 3.8) is 0 Å². The van der Waals surface area contributed by atoms with Gasteiger partial charge in [-0.2, -0.15) is 0 Å². The fourth-order valence-corrected chi connectivity index (χ4v) is 2.19. The highest BCUT2D eigenvalue weighted by Crippen LogP contribution is 2.13. The third-order valence-electron chi connectivity index (χ3n) is 3.33. The third-order valence-corrected chi connectivity index (χ3v) is 3.33. The predicted molar refractivity (Wildman–Crippen MR) is 81.5 cm³/mol. The minimum atomic E-state index is 0.357. The summed E-state index contributed by atoms with van der Waals surface area (Å²) in [5, 5.41) is 3.45. The van der Waals surface area contributed by atoms with E-state index in [1.165, 1.54) is 0 Å². The number of furan rings is 1. The summed E-state index contributed by atoms with van der Waals surface area (Å²) in [6.45, 7) is 2.16. The van der Waals surface area contributed by atoms with Crippen molar-refractivity contribution < 1.29 is 4.42 Å². The van der Waals surface area contributed by atoms with Gasteiger partial charge in [-0.15, -0.1) is 0 Å². The SMILES string of the molecule is CC(CCc1ccco1)Nc1ccc(-n2ccnc2)nc1. The molecule has 1 unspecified atom stereocenters. The molecule has 0 bridgehead atoms. The van der Waals surface area contributed by atoms with E-state index < -0.39 is 0 Å². The molecule has 0 aliphatic carbocycles. The molecule has 3 aromatic rings. The van der Waals surface area contributed by atoms with E-state index in [-0.39, 0.29) is 0 Å². The number of rotatable bonds is 6. The van der Waals surface area contributed by atoms with Crippen LogP contribution in [-0.4, -0.2) is 20.6 Å². The Bertz CT molecular complexity index is 644. The zero-order chi connectivity index (χ0) is 14.5. The summed E-state index contributed by atoms with van der Waals surface area (Å²) in [6, 6.07) is 8.30. The molecule has 0 saturated heterocycles. The summed E-state index contributed by atoms with van der Waals surface area (Å²) in [6.07, 6.45) is 10.9. The summed E-state index contributed by atoms with van der Waals surface area (Å²) >= 11 is 0. The number of hydrogen-bond donors (Lipinski definition) is 1. The summed E-state index contributed by atoms with van der Waals surface area (Å²) < 4.78 is 7.22. The molecule has 3 heterocycles. The van der Waals surface area contributed by atoms with Crippen LogP contribution in [0.15, 0.2) is 59.9 Å². The van der Waals surface area contributed by atoms with Gasteiger partial charge in [0.15, 0.2) is 0 Å². The van der Waals surface area contributed by atoms with E-state index in [1.54, 1.807) is 18.8 Å². The van der Waals surface area contributed by atoms with E-state index in [0.29, 0.717) is 6.04 Å². The second-order valence-corrected chi connectivity index (χ2v) is 5.04. The number of pyridine rings is 1. The van der Waals surface area contributed by atoms with Gasteiger partial charge in [0, 0.05) is 24.9 Å². The molecule has 0 aliphatic rings. The van der Waals surface area contributed by atoms with Crippen molar-refractivity contribution in [3.8, 4) is 5.82 Å². The van der Waals surface area contributed by atoms with Crippen LogP contribution in [0.1, 0.15) is 19.1 Å². The van der Waals surface area contributed by atoms with Gasteiger partial charge < -0.3 is 9.73 Å². The van der Waals surface area contributed by atoms with Crippen molar-refractivity contribution in [2.75, 3.05) is 5.32 Å². The number of aryl methyl sites for hydroxylation is 1. The van der Waals surface area contributed by atoms with E-state index in [0.717, 1.165) is 30.1 Å². The highest BCUT2D eigenvalue weighted by Gasteiger charge is 2.05. The summed E-state index contributed by atoms with van der Waals surface area (Å²) in [7, 11) is 0. The summed E-state index contributed by atoms with van der Waals surface area (Å²) in [4.78, 5) is 8.44. The summed E-state index contributed by atoms with van der Waals surface area (Å²) in [5.41, 5.74) is 1.02. The molecule has 0 aromatic carbocycles. The Morgan fingerprint density at radius 3 is 2.95 bits per heavy atom. The first kappa shape index (κ1) is 13.4. The lowest BCUT2D eigenvalue weighted by atomic mass is 10.1. The molecule has 108 valence electrons. The minimum Gasteiger partial charge on any atom is -0.469 e. The smallest absolute Gasteiger partial charge is 0.137 e. The fraction of sp³-hybridized carbons (Fsp3) is 0.250. The molecule has 3 rings (SSSR count). The van der Waals surface area contributed by atoms with E-state index in [4.69, 9.17) is 4.42 Å². The van der Waals surface area contributed by atoms with Crippen molar-refractivity contribution >= 4 is 5.69 Å². The average molecular weight is 282 g/mol. The lowest BCUT2D eigenvalue weighted by molar-refractivity contribution is 0.495. The van der Waals surface area contributed by atoms with Gasteiger partial charge in [0.2, 0.25) is 0 Å². The number of hydrogen-bond acceptors (Lipinski definition) is 4. The standard InChI is InChI=1S/C16H18N4O/c1-13(4-6-15-3-2-10-21-15)19-14-5-7-16(18-11-14)20-9-8-17-12-20/h2-3,5,7-13,19H,4,6H2,1H3. The largest absolute Gasteiger partial charge is 0.469 e. The maximum absolute atomic E-state index is 5.34. The lowest BCUT2D eigenvalue weighted by Gasteiger charge is -2.14. The Morgan fingerprint density at radius 1 is 1.33 bits per heavy atom. The van der Waals surface area contributed by atoms with Crippen LogP contribution >= 0.6 is 0 Å². The molecular formula is C16H18N4O. The Morgan fingerprint density at radius 2 is 2.29 bits per heavy atom. The normalized spacial score (nSPS) is 12.2. The molecule has 0 aliphatic heterocycles. The van der Waals surface area contributed by atoms with Gasteiger partial charge in [-0.25, -0.2) is 9.97 Å². The van der Waals surface area contributed by atoms with Gasteiger partial charge in [0.1, 0.15) is 17.9 Å². The number of nitrogens with one attached hydrogen (secondary N) is 1. The Hall–Kier alpha value is -2.56. The molecule has 0 fully saturated rings. The zero-order valence-corrected chi connectivity index (χ0v) is 11.9. The quantitative estimate of drug-likeness (QED) is 0.753. The van der Waals surface area contributed by atoms with Crippen LogP contribution in [0.3, 0.4) is 0 Å². The van der Waals surface area contributed by atoms with Crippen LogP contribution in [0.25, 0.3) is 5.82 Å². The highest BCUT2D eigenvalue weighted by molar-refractivity contribution is 5.44. The minimum absolute atomic E-state index is 0.357. The Labute approximate surface area is 123 Å². The van der Waals surface area contributed by atoms with Crippen LogP contribution in [0.4, 0.5) is 5.69 Å². The molecular weight excluding hydrogens is 264 g/mol. The molecule has 5 heteroatoms. The molecule has 0 spiro atoms. The van der Waals surface area contributed by atoms with Crippen molar-refractivity contribution in [1.29, 1.82) is 0 Å². The first-order valence-corrected chi connectivity index (χ1v) is 7.04. The van der Waals surface area contributed by atoms with E-state index in [2.05, 4.69) is 22.2 Å². The molecule has 1 atom stereocenters. The highest BCUT2D eigenvalue weighted by atomic mass is 16.3. The fourth-order valence-electron chi connectivity index (χ4n) is 2.19. The monoisotopic (exact) mass is 282 g/mol. The zero-order valence-electron chi connectivity index (χ0n) is 11.9. The van der Waals surface area contributed by atoms with E-state index in [9.17, 15) is 0 Å². The van der Waals surface area contributed by atoms with Crippen LogP contribution in [0.5, 0.6) is 0 Å². The number of aromatic nitrogens is 3. The molecule has 0 amide bonds. The molecule has 21 heavy (non-hydrogen) atoms. The second kappa shape index (κ2) is 6.26. The molecule has 1 N–H and O–H groups in total. The first-order chi connectivity index (χ1) is 10.3. The van der Waals surface area contributed by atoms with Crippen molar-refractivity contribution in [2.24, 2.45) is 0 Å². The topological polar surface area (TPSA) is 55.9 Å². The third kappa shape index (κ3) is 3.51. The van der Waals surface area contributed by atoms with Gasteiger partial charge in [-0.1, -0.05) is 0 Å². The number of imidazole rings is 1. The molecule has 3 aromatic heterocycles. The number of anilines is 1. The van der Waals surface area contributed by atoms with Crippen molar-refractivity contribution in [3.05, 3.63) is 61.2 Å². The number of nitrogens with zero attached hydrogens (tertiary/aromatic N) is 3. The first-order valence-electron chi connectivity index (χ1n) is 7.04. The summed E-state index contributed by atoms with van der Waals surface area (Å²) in [5.74, 6) is 1.89. The van der Waals surface area contributed by atoms with Gasteiger partial charge >= 0.3 is 0 Å². The lowest BCUT2D eigenvalue weighted by Crippen LogP contribution is -2.16. The maximum Gasteiger partial charge on any atom is 0.137 e. The maximum atomic E-state index is 5.34. The molecule has 0 saturated carbocycles. The van der Waals surface area contributed by atoms with Crippen molar-refractivity contribution in [2.45, 2.75) is 25.8 Å². The van der Waals surface area contributed by atoms with Gasteiger partial charge in [-0.3, -0.25) is 4.57 Å². The van der Waals surface area contributed by atoms with Crippen LogP contribution in [0.2, 0.25) is 0 Å². The predicted octanol–water partition coefficient (Wildman–Crippen LogP) is 3.29. The Kier molecular flexibility index (Phi) is 4.00. The molecule has 0 radical (unpaired) electrons. The van der Waals surface area contributed by atoms with Gasteiger partial charge in [0.05, 0.1) is 18.1 Å². The van der Waals surface area contributed by atoms with Crippen LogP contribution < -0.4 is 5.32 Å². The Balaban J connectivity index is 1.55. The van der Waals surface area contributed by atoms with Gasteiger partial charge in [-0.05, 0) is 37.6 Å². The van der Waals surface area contributed by atoms with Crippen LogP contribution in [0, 0.1) is 0 Å². The molecule has 5 nitrogen and oxygen atoms in total. The van der Waals surface area contributed by atoms with E-state index in [1.807, 2.05) is 41.2 Å². The van der Waals surface area contributed by atoms with Gasteiger partial charge in [0.25, 0.3) is 0 Å². The van der Waals surface area contributed by atoms with Crippen LogP contribution in [-0.2, 0) is 6.42 Å². The second-order valence-electron chi connectivity index (χ2n) is 5.04. The van der Waals surface area contributed by atoms with E-state index >= 15 is 0 Å². The van der Waals surface area contributed by atoms with Crippen molar-refractivity contribution in [1.82, 2.24) is 14.5 Å². The average Bonchev–Trinajstić information content (AvgIpc) is 3.19.